The number of nitrogens with two attached hydrogens (primary N) is 1. The Morgan fingerprint density at radius 2 is 1.70 bits per heavy atom. The first kappa shape index (κ1) is 16.1. The number of thioether (sulfide) groups is 2. The Balaban J connectivity index is 2.38. The standard InChI is InChI=1S/C15H25N3S2/c1-4-12-11(6-7-16)13(5-2)18-15(17-12)14-10(3)19-8-9-20-14/h10,14H,4-9,16H2,1-3H3. The lowest BCUT2D eigenvalue weighted by atomic mass is 10.0. The van der Waals surface area contributed by atoms with Gasteiger partial charge >= 0.3 is 0 Å². The quantitative estimate of drug-likeness (QED) is 0.906. The largest absolute Gasteiger partial charge is 0.330 e. The van der Waals surface area contributed by atoms with E-state index in [9.17, 15) is 0 Å². The second-order valence-electron chi connectivity index (χ2n) is 5.07. The van der Waals surface area contributed by atoms with E-state index in [0.29, 0.717) is 17.0 Å². The van der Waals surface area contributed by atoms with Crippen LogP contribution in [0.1, 0.15) is 48.8 Å². The van der Waals surface area contributed by atoms with Crippen LogP contribution in [0.15, 0.2) is 0 Å². The molecule has 2 N–H and O–H groups in total. The van der Waals surface area contributed by atoms with Crippen LogP contribution in [0.3, 0.4) is 0 Å². The molecule has 0 amide bonds. The highest BCUT2D eigenvalue weighted by Gasteiger charge is 2.27. The minimum Gasteiger partial charge on any atom is -0.330 e. The van der Waals surface area contributed by atoms with Gasteiger partial charge < -0.3 is 5.73 Å². The minimum absolute atomic E-state index is 0.441. The van der Waals surface area contributed by atoms with E-state index in [1.807, 2.05) is 23.5 Å². The van der Waals surface area contributed by atoms with Crippen LogP contribution in [-0.2, 0) is 19.3 Å². The molecule has 0 aliphatic carbocycles. The Kier molecular flexibility index (Phi) is 6.18. The average Bonchev–Trinajstić information content (AvgIpc) is 2.48. The Morgan fingerprint density at radius 3 is 2.20 bits per heavy atom. The molecule has 3 nitrogen and oxygen atoms in total. The van der Waals surface area contributed by atoms with E-state index in [1.54, 1.807) is 0 Å². The molecule has 1 aromatic rings. The van der Waals surface area contributed by atoms with Crippen LogP contribution in [0, 0.1) is 0 Å². The molecule has 0 bridgehead atoms. The first-order valence-electron chi connectivity index (χ1n) is 7.53. The van der Waals surface area contributed by atoms with Gasteiger partial charge in [0.25, 0.3) is 0 Å². The molecule has 0 spiro atoms. The van der Waals surface area contributed by atoms with Gasteiger partial charge in [-0.1, -0.05) is 20.8 Å². The fourth-order valence-corrected chi connectivity index (χ4v) is 5.35. The maximum atomic E-state index is 5.75. The molecule has 1 aromatic heterocycles. The van der Waals surface area contributed by atoms with Crippen LogP contribution >= 0.6 is 23.5 Å². The molecule has 2 unspecified atom stereocenters. The molecule has 20 heavy (non-hydrogen) atoms. The van der Waals surface area contributed by atoms with Crippen LogP contribution in [0.25, 0.3) is 0 Å². The summed E-state index contributed by atoms with van der Waals surface area (Å²) in [7, 11) is 0. The second-order valence-corrected chi connectivity index (χ2v) is 7.80. The van der Waals surface area contributed by atoms with Crippen LogP contribution in [0.4, 0.5) is 0 Å². The van der Waals surface area contributed by atoms with E-state index >= 15 is 0 Å². The molecule has 2 heterocycles. The molecule has 2 atom stereocenters. The Morgan fingerprint density at radius 1 is 1.10 bits per heavy atom. The van der Waals surface area contributed by atoms with Crippen molar-refractivity contribution in [2.75, 3.05) is 18.1 Å². The second kappa shape index (κ2) is 7.66. The number of nitrogens with zero attached hydrogens (tertiary/aromatic N) is 2. The van der Waals surface area contributed by atoms with E-state index in [0.717, 1.165) is 25.1 Å². The molecule has 1 aliphatic rings. The highest BCUT2D eigenvalue weighted by atomic mass is 32.2. The summed E-state index contributed by atoms with van der Waals surface area (Å²) >= 11 is 4.05. The predicted octanol–water partition coefficient (Wildman–Crippen LogP) is 3.01. The number of aromatic nitrogens is 2. The van der Waals surface area contributed by atoms with Crippen molar-refractivity contribution in [1.29, 1.82) is 0 Å². The van der Waals surface area contributed by atoms with Gasteiger partial charge in [0, 0.05) is 28.1 Å². The summed E-state index contributed by atoms with van der Waals surface area (Å²) in [6.07, 6.45) is 2.84. The van der Waals surface area contributed by atoms with E-state index < -0.39 is 0 Å². The Hall–Kier alpha value is -0.260. The topological polar surface area (TPSA) is 51.8 Å². The summed E-state index contributed by atoms with van der Waals surface area (Å²) in [5.74, 6) is 3.50. The molecular weight excluding hydrogens is 286 g/mol. The fraction of sp³-hybridized carbons (Fsp3) is 0.733. The van der Waals surface area contributed by atoms with Crippen molar-refractivity contribution in [2.45, 2.75) is 50.5 Å². The van der Waals surface area contributed by atoms with Gasteiger partial charge in [0.1, 0.15) is 5.82 Å². The van der Waals surface area contributed by atoms with Crippen molar-refractivity contribution in [3.8, 4) is 0 Å². The van der Waals surface area contributed by atoms with Gasteiger partial charge in [0.05, 0.1) is 5.25 Å². The molecule has 2 rings (SSSR count). The van der Waals surface area contributed by atoms with Crippen LogP contribution in [0.5, 0.6) is 0 Å². The zero-order valence-electron chi connectivity index (χ0n) is 12.7. The van der Waals surface area contributed by atoms with Crippen LogP contribution in [0.2, 0.25) is 0 Å². The van der Waals surface area contributed by atoms with Gasteiger partial charge in [0.15, 0.2) is 0 Å². The maximum absolute atomic E-state index is 5.75. The van der Waals surface area contributed by atoms with Gasteiger partial charge in [-0.3, -0.25) is 0 Å². The van der Waals surface area contributed by atoms with Gasteiger partial charge in [-0.05, 0) is 31.4 Å². The molecule has 1 fully saturated rings. The third-order valence-electron chi connectivity index (χ3n) is 3.70. The van der Waals surface area contributed by atoms with Gasteiger partial charge in [-0.25, -0.2) is 9.97 Å². The summed E-state index contributed by atoms with van der Waals surface area (Å²) in [4.78, 5) is 9.78. The van der Waals surface area contributed by atoms with Gasteiger partial charge in [-0.2, -0.15) is 11.8 Å². The fourth-order valence-electron chi connectivity index (χ4n) is 2.66. The normalized spacial score (nSPS) is 23.0. The lowest BCUT2D eigenvalue weighted by Crippen LogP contribution is -2.21. The van der Waals surface area contributed by atoms with Crippen molar-refractivity contribution < 1.29 is 0 Å². The van der Waals surface area contributed by atoms with E-state index in [4.69, 9.17) is 15.7 Å². The zero-order valence-corrected chi connectivity index (χ0v) is 14.3. The van der Waals surface area contributed by atoms with E-state index in [-0.39, 0.29) is 0 Å². The third-order valence-corrected chi connectivity index (χ3v) is 6.79. The van der Waals surface area contributed by atoms with Crippen molar-refractivity contribution in [3.63, 3.8) is 0 Å². The van der Waals surface area contributed by atoms with Crippen LogP contribution in [-0.4, -0.2) is 33.3 Å². The first-order chi connectivity index (χ1) is 9.71. The SMILES string of the molecule is CCc1nc(C2SCCSC2C)nc(CC)c1CCN. The average molecular weight is 312 g/mol. The highest BCUT2D eigenvalue weighted by Crippen LogP contribution is 2.41. The lowest BCUT2D eigenvalue weighted by Gasteiger charge is -2.27. The number of hydrogen-bond acceptors (Lipinski definition) is 5. The molecular formula is C15H25N3S2. The van der Waals surface area contributed by atoms with Crippen molar-refractivity contribution in [2.24, 2.45) is 5.73 Å². The van der Waals surface area contributed by atoms with E-state index in [2.05, 4.69) is 20.8 Å². The molecule has 0 radical (unpaired) electrons. The van der Waals surface area contributed by atoms with Gasteiger partial charge in [0.2, 0.25) is 0 Å². The molecule has 0 saturated carbocycles. The Bertz CT molecular complexity index is 426. The van der Waals surface area contributed by atoms with Crippen LogP contribution < -0.4 is 5.73 Å². The van der Waals surface area contributed by atoms with Crippen molar-refractivity contribution >= 4 is 23.5 Å². The molecule has 112 valence electrons. The van der Waals surface area contributed by atoms with Crippen molar-refractivity contribution in [1.82, 2.24) is 9.97 Å². The minimum atomic E-state index is 0.441. The zero-order chi connectivity index (χ0) is 14.5. The lowest BCUT2D eigenvalue weighted by molar-refractivity contribution is 0.757. The summed E-state index contributed by atoms with van der Waals surface area (Å²) < 4.78 is 0. The molecule has 1 saturated heterocycles. The highest BCUT2D eigenvalue weighted by molar-refractivity contribution is 8.06. The maximum Gasteiger partial charge on any atom is 0.142 e. The molecule has 5 heteroatoms. The molecule has 0 aromatic carbocycles. The monoisotopic (exact) mass is 311 g/mol. The number of rotatable bonds is 5. The van der Waals surface area contributed by atoms with Gasteiger partial charge in [-0.15, -0.1) is 11.8 Å². The summed E-state index contributed by atoms with van der Waals surface area (Å²) in [6.45, 7) is 7.33. The smallest absolute Gasteiger partial charge is 0.142 e. The Labute approximate surface area is 130 Å². The summed E-state index contributed by atoms with van der Waals surface area (Å²) in [5, 5.41) is 1.04. The number of aryl methyl sites for hydroxylation is 2. The summed E-state index contributed by atoms with van der Waals surface area (Å²) in [5.41, 5.74) is 9.46. The number of hydrogen-bond donors (Lipinski definition) is 1. The summed E-state index contributed by atoms with van der Waals surface area (Å²) in [6, 6.07) is 0. The van der Waals surface area contributed by atoms with Crippen molar-refractivity contribution in [3.05, 3.63) is 22.8 Å². The van der Waals surface area contributed by atoms with E-state index in [1.165, 1.54) is 28.5 Å². The predicted molar refractivity (Wildman–Crippen MR) is 90.7 cm³/mol. The molecule has 1 aliphatic heterocycles. The third kappa shape index (κ3) is 3.49. The first-order valence-corrected chi connectivity index (χ1v) is 9.62.